The highest BCUT2D eigenvalue weighted by atomic mass is 16.5. The van der Waals surface area contributed by atoms with E-state index in [1.54, 1.807) is 0 Å². The summed E-state index contributed by atoms with van der Waals surface area (Å²) in [6, 6.07) is 0. The van der Waals surface area contributed by atoms with Crippen LogP contribution in [0.2, 0.25) is 0 Å². The zero-order chi connectivity index (χ0) is 14.6. The number of hydrogen-bond donors (Lipinski definition) is 0. The molecule has 1 aliphatic carbocycles. The molecule has 3 saturated heterocycles. The maximum absolute atomic E-state index is 12.4. The van der Waals surface area contributed by atoms with Gasteiger partial charge in [-0.15, -0.1) is 0 Å². The van der Waals surface area contributed by atoms with E-state index in [9.17, 15) is 9.59 Å². The number of nitrogens with zero attached hydrogens (tertiary/aromatic N) is 2. The lowest BCUT2D eigenvalue weighted by Crippen LogP contribution is -2.36. The Hall–Kier alpha value is -1.10. The van der Waals surface area contributed by atoms with E-state index < -0.39 is 0 Å². The minimum absolute atomic E-state index is 0.200. The van der Waals surface area contributed by atoms with Crippen LogP contribution in [-0.2, 0) is 14.3 Å². The summed E-state index contributed by atoms with van der Waals surface area (Å²) in [5.41, 5.74) is 0. The molecule has 0 bridgehead atoms. The first-order valence-electron chi connectivity index (χ1n) is 8.31. The molecule has 116 valence electrons. The van der Waals surface area contributed by atoms with Crippen LogP contribution in [0.3, 0.4) is 0 Å². The van der Waals surface area contributed by atoms with E-state index in [0.717, 1.165) is 45.6 Å². The van der Waals surface area contributed by atoms with Crippen molar-refractivity contribution in [2.75, 3.05) is 32.8 Å². The standard InChI is InChI=1S/C16H24N2O3/c1-10-5-12(10)16(20)18-7-13-11(9-21-14(13)8-18)6-17-4-2-3-15(17)19/h10-14H,2-9H2,1H3/t10-,11-,12+,13-,14-/m1/s1. The quantitative estimate of drug-likeness (QED) is 0.771. The number of rotatable bonds is 3. The van der Waals surface area contributed by atoms with Crippen LogP contribution in [0, 0.1) is 23.7 Å². The van der Waals surface area contributed by atoms with E-state index in [2.05, 4.69) is 6.92 Å². The van der Waals surface area contributed by atoms with Gasteiger partial charge in [0, 0.05) is 50.4 Å². The van der Waals surface area contributed by atoms with Gasteiger partial charge in [-0.1, -0.05) is 6.92 Å². The van der Waals surface area contributed by atoms with E-state index in [1.807, 2.05) is 9.80 Å². The molecule has 5 heteroatoms. The molecule has 0 spiro atoms. The summed E-state index contributed by atoms with van der Waals surface area (Å²) in [6.07, 6.45) is 2.94. The zero-order valence-electron chi connectivity index (χ0n) is 12.7. The van der Waals surface area contributed by atoms with Crippen molar-refractivity contribution in [3.8, 4) is 0 Å². The fraction of sp³-hybridized carbons (Fsp3) is 0.875. The van der Waals surface area contributed by atoms with Gasteiger partial charge in [0.15, 0.2) is 0 Å². The van der Waals surface area contributed by atoms with Crippen molar-refractivity contribution >= 4 is 11.8 Å². The SMILES string of the molecule is C[C@@H]1C[C@@H]1C(=O)N1C[C@@H]2[C@H](CN3CCCC3=O)CO[C@@H]2C1. The fourth-order valence-electron chi connectivity index (χ4n) is 4.25. The van der Waals surface area contributed by atoms with Gasteiger partial charge in [0.2, 0.25) is 11.8 Å². The minimum Gasteiger partial charge on any atom is -0.376 e. The first-order chi connectivity index (χ1) is 10.1. The first-order valence-corrected chi connectivity index (χ1v) is 8.31. The van der Waals surface area contributed by atoms with Crippen LogP contribution >= 0.6 is 0 Å². The first kappa shape index (κ1) is 13.6. The molecule has 21 heavy (non-hydrogen) atoms. The lowest BCUT2D eigenvalue weighted by atomic mass is 9.93. The smallest absolute Gasteiger partial charge is 0.226 e. The molecule has 0 N–H and O–H groups in total. The van der Waals surface area contributed by atoms with Crippen LogP contribution in [0.1, 0.15) is 26.2 Å². The molecule has 0 radical (unpaired) electrons. The highest BCUT2D eigenvalue weighted by Crippen LogP contribution is 2.42. The topological polar surface area (TPSA) is 49.9 Å². The Morgan fingerprint density at radius 1 is 1.38 bits per heavy atom. The molecule has 0 aromatic rings. The van der Waals surface area contributed by atoms with Crippen LogP contribution in [0.15, 0.2) is 0 Å². The lowest BCUT2D eigenvalue weighted by Gasteiger charge is -2.24. The summed E-state index contributed by atoms with van der Waals surface area (Å²) in [5.74, 6) is 2.29. The molecule has 0 aromatic heterocycles. The van der Waals surface area contributed by atoms with Gasteiger partial charge in [-0.2, -0.15) is 0 Å². The normalized spacial score (nSPS) is 41.8. The summed E-state index contributed by atoms with van der Waals surface area (Å²) in [4.78, 5) is 28.1. The van der Waals surface area contributed by atoms with E-state index in [0.29, 0.717) is 30.1 Å². The fourth-order valence-corrected chi connectivity index (χ4v) is 4.25. The van der Waals surface area contributed by atoms with Crippen LogP contribution in [0.5, 0.6) is 0 Å². The van der Waals surface area contributed by atoms with E-state index in [-0.39, 0.29) is 17.9 Å². The van der Waals surface area contributed by atoms with Crippen LogP contribution in [0.25, 0.3) is 0 Å². The number of carbonyl (C=O) groups excluding carboxylic acids is 2. The van der Waals surface area contributed by atoms with Crippen molar-refractivity contribution in [3.63, 3.8) is 0 Å². The third kappa shape index (κ3) is 2.35. The predicted octanol–water partition coefficient (Wildman–Crippen LogP) is 0.738. The van der Waals surface area contributed by atoms with Crippen molar-refractivity contribution in [2.45, 2.75) is 32.3 Å². The monoisotopic (exact) mass is 292 g/mol. The van der Waals surface area contributed by atoms with Gasteiger partial charge in [-0.3, -0.25) is 9.59 Å². The summed E-state index contributed by atoms with van der Waals surface area (Å²) in [5, 5.41) is 0. The Bertz CT molecular complexity index is 466. The molecule has 0 aromatic carbocycles. The Labute approximate surface area is 125 Å². The van der Waals surface area contributed by atoms with Crippen molar-refractivity contribution in [3.05, 3.63) is 0 Å². The molecule has 5 atom stereocenters. The Morgan fingerprint density at radius 2 is 2.19 bits per heavy atom. The molecule has 4 fully saturated rings. The highest BCUT2D eigenvalue weighted by Gasteiger charge is 2.49. The summed E-state index contributed by atoms with van der Waals surface area (Å²) in [6.45, 7) is 6.21. The van der Waals surface area contributed by atoms with Crippen molar-refractivity contribution in [1.29, 1.82) is 0 Å². The van der Waals surface area contributed by atoms with Crippen molar-refractivity contribution in [2.24, 2.45) is 23.7 Å². The average molecular weight is 292 g/mol. The zero-order valence-corrected chi connectivity index (χ0v) is 12.7. The molecular weight excluding hydrogens is 268 g/mol. The number of carbonyl (C=O) groups is 2. The van der Waals surface area contributed by atoms with Crippen LogP contribution < -0.4 is 0 Å². The van der Waals surface area contributed by atoms with Gasteiger partial charge in [0.25, 0.3) is 0 Å². The van der Waals surface area contributed by atoms with Crippen LogP contribution in [0.4, 0.5) is 0 Å². The third-order valence-electron chi connectivity index (χ3n) is 5.80. The number of fused-ring (bicyclic) bond motifs is 1. The van der Waals surface area contributed by atoms with Crippen molar-refractivity contribution < 1.29 is 14.3 Å². The third-order valence-corrected chi connectivity index (χ3v) is 5.80. The number of amides is 2. The highest BCUT2D eigenvalue weighted by molar-refractivity contribution is 5.82. The van der Waals surface area contributed by atoms with Gasteiger partial charge in [0.05, 0.1) is 12.7 Å². The van der Waals surface area contributed by atoms with Gasteiger partial charge < -0.3 is 14.5 Å². The Morgan fingerprint density at radius 3 is 2.86 bits per heavy atom. The minimum atomic E-state index is 0.200. The molecule has 0 unspecified atom stereocenters. The number of likely N-dealkylation sites (tertiary alicyclic amines) is 2. The van der Waals surface area contributed by atoms with Crippen LogP contribution in [-0.4, -0.2) is 60.5 Å². The second-order valence-corrected chi connectivity index (χ2v) is 7.30. The maximum Gasteiger partial charge on any atom is 0.226 e. The van der Waals surface area contributed by atoms with Gasteiger partial charge >= 0.3 is 0 Å². The summed E-state index contributed by atoms with van der Waals surface area (Å²) < 4.78 is 5.91. The van der Waals surface area contributed by atoms with Crippen molar-refractivity contribution in [1.82, 2.24) is 9.80 Å². The van der Waals surface area contributed by atoms with E-state index in [4.69, 9.17) is 4.74 Å². The second kappa shape index (κ2) is 4.97. The van der Waals surface area contributed by atoms with E-state index in [1.165, 1.54) is 0 Å². The summed E-state index contributed by atoms with van der Waals surface area (Å²) >= 11 is 0. The van der Waals surface area contributed by atoms with Gasteiger partial charge in [-0.05, 0) is 18.8 Å². The van der Waals surface area contributed by atoms with Gasteiger partial charge in [-0.25, -0.2) is 0 Å². The average Bonchev–Trinajstić information content (AvgIpc) is 2.83. The molecular formula is C16H24N2O3. The lowest BCUT2D eigenvalue weighted by molar-refractivity contribution is -0.133. The molecule has 2 amide bonds. The predicted molar refractivity (Wildman–Crippen MR) is 76.4 cm³/mol. The molecule has 5 nitrogen and oxygen atoms in total. The number of hydrogen-bond acceptors (Lipinski definition) is 3. The van der Waals surface area contributed by atoms with E-state index >= 15 is 0 Å². The molecule has 3 heterocycles. The molecule has 3 aliphatic heterocycles. The molecule has 4 aliphatic rings. The molecule has 4 rings (SSSR count). The summed E-state index contributed by atoms with van der Waals surface area (Å²) in [7, 11) is 0. The Balaban J connectivity index is 1.37. The maximum atomic E-state index is 12.4. The van der Waals surface area contributed by atoms with Gasteiger partial charge in [0.1, 0.15) is 0 Å². The number of ether oxygens (including phenoxy) is 1. The largest absolute Gasteiger partial charge is 0.376 e. The molecule has 1 saturated carbocycles. The Kier molecular flexibility index (Phi) is 3.21. The second-order valence-electron chi connectivity index (χ2n) is 7.30.